The van der Waals surface area contributed by atoms with Gasteiger partial charge in [0.05, 0.1) is 33.8 Å². The van der Waals surface area contributed by atoms with Crippen LogP contribution in [0.3, 0.4) is 0 Å². The van der Waals surface area contributed by atoms with E-state index in [1.165, 1.54) is 12.1 Å². The first-order valence-electron chi connectivity index (χ1n) is 18.4. The van der Waals surface area contributed by atoms with Gasteiger partial charge in [-0.3, -0.25) is 4.57 Å². The Hall–Kier alpha value is -7.45. The van der Waals surface area contributed by atoms with Gasteiger partial charge >= 0.3 is 0 Å². The van der Waals surface area contributed by atoms with Gasteiger partial charge in [0.15, 0.2) is 0 Å². The molecule has 8 heteroatoms. The predicted octanol–water partition coefficient (Wildman–Crippen LogP) is 13.0. The summed E-state index contributed by atoms with van der Waals surface area (Å²) >= 11 is 0. The molecule has 0 bridgehead atoms. The molecule has 2 aromatic heterocycles. The van der Waals surface area contributed by atoms with E-state index < -0.39 is 11.6 Å². The fourth-order valence-electron chi connectivity index (χ4n) is 7.74. The van der Waals surface area contributed by atoms with E-state index in [0.717, 1.165) is 67.8 Å². The van der Waals surface area contributed by atoms with Gasteiger partial charge in [0.1, 0.15) is 35.6 Å². The predicted molar refractivity (Wildman–Crippen MR) is 222 cm³/mol. The minimum atomic E-state index is -0.628. The van der Waals surface area contributed by atoms with Crippen molar-refractivity contribution < 1.29 is 13.5 Å². The molecule has 0 saturated heterocycles. The van der Waals surface area contributed by atoms with E-state index in [2.05, 4.69) is 75.0 Å². The molecule has 270 valence electrons. The topological polar surface area (TPSA) is 36.8 Å². The smallest absolute Gasteiger partial charge is 0.149 e. The van der Waals surface area contributed by atoms with Crippen molar-refractivity contribution >= 4 is 61.6 Å². The first-order chi connectivity index (χ1) is 27.6. The summed E-state index contributed by atoms with van der Waals surface area (Å²) in [5, 5.41) is 2.22. The Morgan fingerprint density at radius 2 is 1.18 bits per heavy atom. The Morgan fingerprint density at radius 3 is 1.91 bits per heavy atom. The second-order valence-electron chi connectivity index (χ2n) is 13.6. The molecule has 1 aliphatic heterocycles. The first-order valence-corrected chi connectivity index (χ1v) is 18.4. The normalized spacial score (nSPS) is 12.3. The van der Waals surface area contributed by atoms with E-state index in [1.807, 2.05) is 108 Å². The lowest BCUT2D eigenvalue weighted by Gasteiger charge is -2.28. The molecule has 0 atom stereocenters. The summed E-state index contributed by atoms with van der Waals surface area (Å²) in [5.74, 6) is 0.834. The molecule has 0 spiro atoms. The Bertz CT molecular complexity index is 2830. The van der Waals surface area contributed by atoms with Crippen molar-refractivity contribution in [2.75, 3.05) is 21.4 Å². The molecule has 0 saturated carbocycles. The van der Waals surface area contributed by atoms with Crippen LogP contribution in [0.25, 0.3) is 27.6 Å². The third-order valence-corrected chi connectivity index (χ3v) is 10.2. The van der Waals surface area contributed by atoms with Crippen LogP contribution >= 0.6 is 0 Å². The van der Waals surface area contributed by atoms with E-state index >= 15 is 4.39 Å². The Morgan fingerprint density at radius 1 is 0.500 bits per heavy atom. The maximum atomic E-state index is 15.4. The maximum Gasteiger partial charge on any atom is 0.149 e. The van der Waals surface area contributed by atoms with Gasteiger partial charge in [0.2, 0.25) is 0 Å². The van der Waals surface area contributed by atoms with Crippen LogP contribution in [0.1, 0.15) is 0 Å². The van der Waals surface area contributed by atoms with Gasteiger partial charge < -0.3 is 19.4 Å². The number of benzene rings is 7. The lowest BCUT2D eigenvalue weighted by atomic mass is 10.1. The van der Waals surface area contributed by atoms with Crippen LogP contribution in [0.2, 0.25) is 0 Å². The van der Waals surface area contributed by atoms with Gasteiger partial charge in [-0.05, 0) is 84.9 Å². The molecule has 9 aromatic rings. The van der Waals surface area contributed by atoms with Crippen molar-refractivity contribution in [1.82, 2.24) is 9.55 Å². The molecule has 0 N–H and O–H groups in total. The van der Waals surface area contributed by atoms with E-state index in [0.29, 0.717) is 17.2 Å². The molecule has 0 amide bonds. The number of halogens is 2. The number of para-hydroxylation sites is 5. The quantitative estimate of drug-likeness (QED) is 0.155. The minimum Gasteiger partial charge on any atom is -0.457 e. The number of aromatic nitrogens is 2. The van der Waals surface area contributed by atoms with E-state index in [9.17, 15) is 4.39 Å². The molecular formula is C48H33F2N5O. The van der Waals surface area contributed by atoms with E-state index in [-0.39, 0.29) is 6.67 Å². The molecule has 0 fully saturated rings. The van der Waals surface area contributed by atoms with Crippen LogP contribution in [0.5, 0.6) is 11.5 Å². The summed E-state index contributed by atoms with van der Waals surface area (Å²) in [4.78, 5) is 10.9. The van der Waals surface area contributed by atoms with E-state index in [1.54, 1.807) is 6.20 Å². The largest absolute Gasteiger partial charge is 0.457 e. The zero-order valence-electron chi connectivity index (χ0n) is 30.0. The lowest BCUT2D eigenvalue weighted by Crippen LogP contribution is -2.25. The average molecular weight is 734 g/mol. The summed E-state index contributed by atoms with van der Waals surface area (Å²) < 4.78 is 38.4. The molecule has 3 heterocycles. The van der Waals surface area contributed by atoms with Gasteiger partial charge in [-0.15, -0.1) is 0 Å². The van der Waals surface area contributed by atoms with Crippen LogP contribution in [-0.4, -0.2) is 16.2 Å². The summed E-state index contributed by atoms with van der Waals surface area (Å²) in [6.07, 6.45) is 1.80. The van der Waals surface area contributed by atoms with Crippen LogP contribution in [0.4, 0.5) is 48.6 Å². The standard InChI is InChI=1S/C48H33F2N5O/c49-33-22-25-44(42(50)27-33)53-32-52(45-19-9-10-20-46(45)53)36-28-37(54(34-13-3-1-4-14-34)35-15-5-2-6-16-35)30-39(29-36)56-38-23-24-41-40-17-7-8-18-43(40)55(47(41)31-38)48-21-11-12-26-51-48/h1-31H,32H2. The zero-order valence-corrected chi connectivity index (χ0v) is 30.0. The minimum absolute atomic E-state index is 0.289. The summed E-state index contributed by atoms with van der Waals surface area (Å²) in [5.41, 5.74) is 7.64. The maximum absolute atomic E-state index is 15.4. The monoisotopic (exact) mass is 733 g/mol. The Kier molecular flexibility index (Phi) is 8.14. The molecule has 0 unspecified atom stereocenters. The molecule has 0 aliphatic carbocycles. The fraction of sp³-hybridized carbons (Fsp3) is 0.0208. The van der Waals surface area contributed by atoms with Crippen molar-refractivity contribution in [2.45, 2.75) is 0 Å². The van der Waals surface area contributed by atoms with Gasteiger partial charge in [-0.2, -0.15) is 0 Å². The summed E-state index contributed by atoms with van der Waals surface area (Å²) in [6, 6.07) is 58.5. The fourth-order valence-corrected chi connectivity index (χ4v) is 7.74. The Labute approximate surface area is 322 Å². The third kappa shape index (κ3) is 5.84. The van der Waals surface area contributed by atoms with Gasteiger partial charge in [0, 0.05) is 58.3 Å². The van der Waals surface area contributed by atoms with Crippen molar-refractivity contribution in [3.63, 3.8) is 0 Å². The number of ether oxygens (including phenoxy) is 1. The second-order valence-corrected chi connectivity index (χ2v) is 13.6. The number of hydrogen-bond donors (Lipinski definition) is 0. The van der Waals surface area contributed by atoms with Crippen molar-refractivity contribution in [2.24, 2.45) is 0 Å². The van der Waals surface area contributed by atoms with Crippen LogP contribution in [-0.2, 0) is 0 Å². The lowest BCUT2D eigenvalue weighted by molar-refractivity contribution is 0.483. The van der Waals surface area contributed by atoms with Crippen LogP contribution in [0, 0.1) is 11.6 Å². The number of hydrogen-bond acceptors (Lipinski definition) is 5. The summed E-state index contributed by atoms with van der Waals surface area (Å²) in [6.45, 7) is 0.289. The highest BCUT2D eigenvalue weighted by atomic mass is 19.1. The Balaban J connectivity index is 1.14. The van der Waals surface area contributed by atoms with Gasteiger partial charge in [0.25, 0.3) is 0 Å². The molecular weight excluding hydrogens is 701 g/mol. The molecule has 56 heavy (non-hydrogen) atoms. The van der Waals surface area contributed by atoms with Crippen LogP contribution in [0.15, 0.2) is 188 Å². The highest BCUT2D eigenvalue weighted by molar-refractivity contribution is 6.09. The second kappa shape index (κ2) is 13.8. The molecule has 0 radical (unpaired) electrons. The molecule has 10 rings (SSSR count). The van der Waals surface area contributed by atoms with E-state index in [4.69, 9.17) is 9.72 Å². The van der Waals surface area contributed by atoms with Crippen molar-refractivity contribution in [3.8, 4) is 17.3 Å². The van der Waals surface area contributed by atoms with Crippen LogP contribution < -0.4 is 19.4 Å². The van der Waals surface area contributed by atoms with Gasteiger partial charge in [-0.25, -0.2) is 13.8 Å². The highest BCUT2D eigenvalue weighted by Crippen LogP contribution is 2.48. The number of nitrogens with zero attached hydrogens (tertiary/aromatic N) is 5. The SMILES string of the molecule is Fc1ccc(N2CN(c3cc(Oc4ccc5c6ccccc6n(-c6ccccn6)c5c4)cc(N(c4ccccc4)c4ccccc4)c3)c3ccccc32)c(F)c1. The zero-order chi connectivity index (χ0) is 37.6. The summed E-state index contributed by atoms with van der Waals surface area (Å²) in [7, 11) is 0. The first kappa shape index (κ1) is 33.1. The number of pyridine rings is 1. The highest BCUT2D eigenvalue weighted by Gasteiger charge is 2.30. The molecule has 1 aliphatic rings. The molecule has 6 nitrogen and oxygen atoms in total. The average Bonchev–Trinajstić information content (AvgIpc) is 3.78. The van der Waals surface area contributed by atoms with Crippen molar-refractivity contribution in [3.05, 3.63) is 200 Å². The number of fused-ring (bicyclic) bond motifs is 4. The van der Waals surface area contributed by atoms with Crippen molar-refractivity contribution in [1.29, 1.82) is 0 Å². The molecule has 7 aromatic carbocycles. The number of anilines is 7. The number of rotatable bonds is 8. The third-order valence-electron chi connectivity index (χ3n) is 10.2. The van der Waals surface area contributed by atoms with Gasteiger partial charge in [-0.1, -0.05) is 72.8 Å².